The number of benzene rings is 1. The molecule has 0 unspecified atom stereocenters. The molecule has 0 aliphatic heterocycles. The number of carbonyl (C=O) groups excluding carboxylic acids is 1. The van der Waals surface area contributed by atoms with Gasteiger partial charge < -0.3 is 15.0 Å². The van der Waals surface area contributed by atoms with Gasteiger partial charge in [-0.15, -0.1) is 0 Å². The molecule has 1 amide bonds. The lowest BCUT2D eigenvalue weighted by Gasteiger charge is -2.25. The normalized spacial score (nSPS) is 12.0. The summed E-state index contributed by atoms with van der Waals surface area (Å²) in [6.45, 7) is 3.42. The van der Waals surface area contributed by atoms with Gasteiger partial charge in [0.15, 0.2) is 0 Å². The standard InChI is InChI=1S/C16H18N4O3/c1-16(2,23)9-19(3)15(22)11-8-17-20-12-7-5-4-6-10(12)14(21)18-13(11)20/h4-8,23H,9H2,1-3H3,(H,18,21). The minimum Gasteiger partial charge on any atom is -0.389 e. The second-order valence-corrected chi connectivity index (χ2v) is 6.26. The Kier molecular flexibility index (Phi) is 3.45. The average Bonchev–Trinajstić information content (AvgIpc) is 2.89. The summed E-state index contributed by atoms with van der Waals surface area (Å²) in [5.74, 6) is -0.312. The lowest BCUT2D eigenvalue weighted by Crippen LogP contribution is -2.39. The third kappa shape index (κ3) is 2.70. The highest BCUT2D eigenvalue weighted by atomic mass is 16.3. The topological polar surface area (TPSA) is 90.7 Å². The molecule has 1 aromatic carbocycles. The largest absolute Gasteiger partial charge is 0.389 e. The summed E-state index contributed by atoms with van der Waals surface area (Å²) in [5.41, 5.74) is -0.00264. The fraction of sp³-hybridized carbons (Fsp3) is 0.312. The van der Waals surface area contributed by atoms with E-state index < -0.39 is 5.60 Å². The van der Waals surface area contributed by atoms with Gasteiger partial charge in [-0.05, 0) is 26.0 Å². The summed E-state index contributed by atoms with van der Waals surface area (Å²) < 4.78 is 1.54. The molecular weight excluding hydrogens is 296 g/mol. The molecule has 23 heavy (non-hydrogen) atoms. The van der Waals surface area contributed by atoms with Crippen LogP contribution in [0.25, 0.3) is 16.6 Å². The Balaban J connectivity index is 2.13. The molecular formula is C16H18N4O3. The number of likely N-dealkylation sites (N-methyl/N-ethyl adjacent to an activating group) is 1. The number of hydrogen-bond donors (Lipinski definition) is 2. The van der Waals surface area contributed by atoms with Crippen LogP contribution in [0.3, 0.4) is 0 Å². The molecule has 0 bridgehead atoms. The third-order valence-electron chi connectivity index (χ3n) is 3.58. The second-order valence-electron chi connectivity index (χ2n) is 6.26. The summed E-state index contributed by atoms with van der Waals surface area (Å²) >= 11 is 0. The summed E-state index contributed by atoms with van der Waals surface area (Å²) in [6, 6.07) is 7.07. The Labute approximate surface area is 132 Å². The molecule has 0 spiro atoms. The van der Waals surface area contributed by atoms with Crippen LogP contribution in [-0.4, -0.2) is 49.7 Å². The lowest BCUT2D eigenvalue weighted by atomic mass is 10.1. The van der Waals surface area contributed by atoms with E-state index >= 15 is 0 Å². The van der Waals surface area contributed by atoms with E-state index in [4.69, 9.17) is 0 Å². The zero-order valence-electron chi connectivity index (χ0n) is 13.2. The molecule has 0 atom stereocenters. The zero-order chi connectivity index (χ0) is 16.8. The van der Waals surface area contributed by atoms with Gasteiger partial charge in [-0.25, -0.2) is 4.52 Å². The molecule has 0 fully saturated rings. The molecule has 0 saturated carbocycles. The minimum absolute atomic E-state index is 0.168. The van der Waals surface area contributed by atoms with Crippen molar-refractivity contribution in [1.82, 2.24) is 19.5 Å². The fourth-order valence-corrected chi connectivity index (χ4v) is 2.69. The molecule has 3 rings (SSSR count). The number of hydrogen-bond acceptors (Lipinski definition) is 4. The number of fused-ring (bicyclic) bond motifs is 3. The van der Waals surface area contributed by atoms with Crippen molar-refractivity contribution in [3.05, 3.63) is 46.4 Å². The van der Waals surface area contributed by atoms with E-state index in [0.717, 1.165) is 0 Å². The maximum atomic E-state index is 12.6. The highest BCUT2D eigenvalue weighted by Gasteiger charge is 2.23. The number of H-pyrrole nitrogens is 1. The molecule has 7 heteroatoms. The molecule has 120 valence electrons. The predicted molar refractivity (Wildman–Crippen MR) is 86.6 cm³/mol. The van der Waals surface area contributed by atoms with E-state index in [9.17, 15) is 14.7 Å². The minimum atomic E-state index is -1.01. The van der Waals surface area contributed by atoms with Crippen LogP contribution in [0, 0.1) is 0 Å². The van der Waals surface area contributed by atoms with Gasteiger partial charge in [0.05, 0.1) is 22.7 Å². The monoisotopic (exact) mass is 314 g/mol. The van der Waals surface area contributed by atoms with E-state index in [0.29, 0.717) is 22.1 Å². The van der Waals surface area contributed by atoms with Crippen LogP contribution in [-0.2, 0) is 0 Å². The van der Waals surface area contributed by atoms with Crippen LogP contribution in [0.1, 0.15) is 24.2 Å². The van der Waals surface area contributed by atoms with Gasteiger partial charge >= 0.3 is 0 Å². The van der Waals surface area contributed by atoms with Crippen LogP contribution in [0.15, 0.2) is 35.3 Å². The van der Waals surface area contributed by atoms with Crippen molar-refractivity contribution in [2.45, 2.75) is 19.4 Å². The van der Waals surface area contributed by atoms with E-state index in [2.05, 4.69) is 10.1 Å². The summed E-state index contributed by atoms with van der Waals surface area (Å²) in [7, 11) is 1.60. The van der Waals surface area contributed by atoms with Gasteiger partial charge in [-0.3, -0.25) is 9.59 Å². The Bertz CT molecular complexity index is 949. The SMILES string of the molecule is CN(CC(C)(C)O)C(=O)c1cnn2c1[nH]c(=O)c1ccccc12. The molecule has 7 nitrogen and oxygen atoms in total. The van der Waals surface area contributed by atoms with Crippen molar-refractivity contribution in [3.8, 4) is 0 Å². The van der Waals surface area contributed by atoms with Crippen LogP contribution in [0.4, 0.5) is 0 Å². The number of aromatic amines is 1. The molecule has 3 aromatic rings. The maximum Gasteiger partial charge on any atom is 0.259 e. The Morgan fingerprint density at radius 3 is 2.78 bits per heavy atom. The first-order valence-electron chi connectivity index (χ1n) is 7.24. The molecule has 2 N–H and O–H groups in total. The van der Waals surface area contributed by atoms with Crippen molar-refractivity contribution in [1.29, 1.82) is 0 Å². The van der Waals surface area contributed by atoms with E-state index in [1.807, 2.05) is 6.07 Å². The van der Waals surface area contributed by atoms with Gasteiger partial charge in [-0.1, -0.05) is 12.1 Å². The number of carbonyl (C=O) groups is 1. The summed E-state index contributed by atoms with van der Waals surface area (Å²) in [4.78, 5) is 28.9. The van der Waals surface area contributed by atoms with Gasteiger partial charge in [0.1, 0.15) is 11.2 Å². The number of amides is 1. The highest BCUT2D eigenvalue weighted by molar-refractivity contribution is 6.00. The quantitative estimate of drug-likeness (QED) is 0.755. The van der Waals surface area contributed by atoms with Gasteiger partial charge in [-0.2, -0.15) is 5.10 Å². The number of para-hydroxylation sites is 1. The van der Waals surface area contributed by atoms with Crippen molar-refractivity contribution in [3.63, 3.8) is 0 Å². The number of nitrogens with one attached hydrogen (secondary N) is 1. The van der Waals surface area contributed by atoms with Crippen molar-refractivity contribution in [2.24, 2.45) is 0 Å². The van der Waals surface area contributed by atoms with Gasteiger partial charge in [0, 0.05) is 13.6 Å². The first-order chi connectivity index (χ1) is 10.8. The molecule has 0 radical (unpaired) electrons. The highest BCUT2D eigenvalue weighted by Crippen LogP contribution is 2.16. The molecule has 2 heterocycles. The van der Waals surface area contributed by atoms with E-state index in [1.165, 1.54) is 11.1 Å². The predicted octanol–water partition coefficient (Wildman–Crippen LogP) is 1.02. The van der Waals surface area contributed by atoms with Crippen LogP contribution in [0.2, 0.25) is 0 Å². The zero-order valence-corrected chi connectivity index (χ0v) is 13.2. The Morgan fingerprint density at radius 1 is 1.39 bits per heavy atom. The first-order valence-corrected chi connectivity index (χ1v) is 7.24. The van der Waals surface area contributed by atoms with Crippen molar-refractivity contribution >= 4 is 22.5 Å². The summed E-state index contributed by atoms with van der Waals surface area (Å²) in [6.07, 6.45) is 1.43. The number of aliphatic hydroxyl groups is 1. The first kappa shape index (κ1) is 15.2. The van der Waals surface area contributed by atoms with Crippen LogP contribution >= 0.6 is 0 Å². The number of nitrogens with zero attached hydrogens (tertiary/aromatic N) is 3. The smallest absolute Gasteiger partial charge is 0.259 e. The van der Waals surface area contributed by atoms with Crippen molar-refractivity contribution < 1.29 is 9.90 Å². The van der Waals surface area contributed by atoms with E-state index in [1.54, 1.807) is 43.6 Å². The van der Waals surface area contributed by atoms with Crippen LogP contribution < -0.4 is 5.56 Å². The Hall–Kier alpha value is -2.67. The number of rotatable bonds is 3. The van der Waals surface area contributed by atoms with Crippen molar-refractivity contribution in [2.75, 3.05) is 13.6 Å². The van der Waals surface area contributed by atoms with E-state index in [-0.39, 0.29) is 18.0 Å². The molecule has 0 aliphatic rings. The van der Waals surface area contributed by atoms with Gasteiger partial charge in [0.2, 0.25) is 0 Å². The number of aromatic nitrogens is 3. The third-order valence-corrected chi connectivity index (χ3v) is 3.58. The van der Waals surface area contributed by atoms with Gasteiger partial charge in [0.25, 0.3) is 11.5 Å². The molecule has 0 aliphatic carbocycles. The maximum absolute atomic E-state index is 12.6. The Morgan fingerprint density at radius 2 is 2.09 bits per heavy atom. The lowest BCUT2D eigenvalue weighted by molar-refractivity contribution is 0.0368. The summed E-state index contributed by atoms with van der Waals surface area (Å²) in [5, 5.41) is 14.6. The fourth-order valence-electron chi connectivity index (χ4n) is 2.69. The second kappa shape index (κ2) is 5.20. The average molecular weight is 314 g/mol. The van der Waals surface area contributed by atoms with Crippen LogP contribution in [0.5, 0.6) is 0 Å². The molecule has 2 aromatic heterocycles. The molecule has 0 saturated heterocycles.